The Labute approximate surface area is 148 Å². The van der Waals surface area contributed by atoms with E-state index in [0.29, 0.717) is 10.6 Å². The molecule has 138 valence electrons. The van der Waals surface area contributed by atoms with Crippen molar-refractivity contribution in [2.45, 2.75) is 36.4 Å². The van der Waals surface area contributed by atoms with Crippen LogP contribution >= 0.6 is 11.3 Å². The predicted molar refractivity (Wildman–Crippen MR) is 96.3 cm³/mol. The second-order valence-electron chi connectivity index (χ2n) is 5.77. The van der Waals surface area contributed by atoms with Gasteiger partial charge >= 0.3 is 0 Å². The monoisotopic (exact) mass is 395 g/mol. The number of thiophene rings is 1. The summed E-state index contributed by atoms with van der Waals surface area (Å²) in [7, 11) is -5.07. The molecule has 7 nitrogen and oxygen atoms in total. The predicted octanol–water partition coefficient (Wildman–Crippen LogP) is 0.602. The highest BCUT2D eigenvalue weighted by atomic mass is 32.2. The molecule has 24 heavy (non-hydrogen) atoms. The zero-order chi connectivity index (χ0) is 17.8. The van der Waals surface area contributed by atoms with Gasteiger partial charge in [0.25, 0.3) is 10.0 Å². The fraction of sp³-hybridized carbons (Fsp3) is 0.714. The highest BCUT2D eigenvalue weighted by Crippen LogP contribution is 2.27. The summed E-state index contributed by atoms with van der Waals surface area (Å²) in [5, 5.41) is 3.23. The molecule has 0 aliphatic carbocycles. The summed E-state index contributed by atoms with van der Waals surface area (Å²) < 4.78 is 52.5. The summed E-state index contributed by atoms with van der Waals surface area (Å²) in [5.41, 5.74) is 0. The van der Waals surface area contributed by atoms with Gasteiger partial charge in [-0.15, -0.1) is 11.3 Å². The smallest absolute Gasteiger partial charge is 0.252 e. The van der Waals surface area contributed by atoms with E-state index in [2.05, 4.69) is 10.0 Å². The van der Waals surface area contributed by atoms with Gasteiger partial charge in [-0.3, -0.25) is 0 Å². The lowest BCUT2D eigenvalue weighted by Gasteiger charge is -2.30. The molecular weight excluding hydrogens is 370 g/mol. The van der Waals surface area contributed by atoms with Gasteiger partial charge in [0.05, 0.1) is 5.75 Å². The largest absolute Gasteiger partial charge is 0.317 e. The zero-order valence-electron chi connectivity index (χ0n) is 14.0. The third kappa shape index (κ3) is 4.99. The van der Waals surface area contributed by atoms with E-state index in [1.165, 1.54) is 15.6 Å². The lowest BCUT2D eigenvalue weighted by molar-refractivity contribution is 0.297. The standard InChI is InChI=1S/C14H25N3O4S3/c1-3-23(18,19)16-11-8-13-4-5-14(22-13)24(20,21)17(2)12-6-9-15-10-7-12/h4-5,12,15-16H,3,6-11H2,1-2H3. The Bertz CT molecular complexity index is 737. The number of hydrogen-bond acceptors (Lipinski definition) is 6. The van der Waals surface area contributed by atoms with E-state index in [1.807, 2.05) is 0 Å². The quantitative estimate of drug-likeness (QED) is 0.672. The number of nitrogens with zero attached hydrogens (tertiary/aromatic N) is 1. The SMILES string of the molecule is CCS(=O)(=O)NCCc1ccc(S(=O)(=O)N(C)C2CCNCC2)s1. The fourth-order valence-corrected chi connectivity index (χ4v) is 6.15. The summed E-state index contributed by atoms with van der Waals surface area (Å²) in [4.78, 5) is 0.853. The molecule has 1 aromatic rings. The van der Waals surface area contributed by atoms with Crippen LogP contribution in [-0.4, -0.2) is 59.6 Å². The second kappa shape index (κ2) is 8.24. The first-order chi connectivity index (χ1) is 11.3. The number of sulfonamides is 2. The Balaban J connectivity index is 2.00. The second-order valence-corrected chi connectivity index (χ2v) is 11.3. The number of nitrogens with one attached hydrogen (secondary N) is 2. The van der Waals surface area contributed by atoms with E-state index in [-0.39, 0.29) is 18.3 Å². The Kier molecular flexibility index (Phi) is 6.80. The molecule has 2 N–H and O–H groups in total. The molecule has 0 aromatic carbocycles. The van der Waals surface area contributed by atoms with Crippen molar-refractivity contribution in [1.82, 2.24) is 14.3 Å². The van der Waals surface area contributed by atoms with Crippen LogP contribution in [0.25, 0.3) is 0 Å². The van der Waals surface area contributed by atoms with Gasteiger partial charge in [-0.05, 0) is 51.4 Å². The van der Waals surface area contributed by atoms with E-state index in [4.69, 9.17) is 0 Å². The minimum absolute atomic E-state index is 0.0261. The van der Waals surface area contributed by atoms with Gasteiger partial charge in [0, 0.05) is 24.5 Å². The topological polar surface area (TPSA) is 95.6 Å². The average molecular weight is 396 g/mol. The summed E-state index contributed by atoms with van der Waals surface area (Å²) >= 11 is 1.21. The van der Waals surface area contributed by atoms with Crippen molar-refractivity contribution < 1.29 is 16.8 Å². The van der Waals surface area contributed by atoms with Gasteiger partial charge in [0.1, 0.15) is 4.21 Å². The van der Waals surface area contributed by atoms with Crippen LogP contribution in [0.1, 0.15) is 24.6 Å². The summed E-state index contributed by atoms with van der Waals surface area (Å²) in [6.45, 7) is 3.52. The first-order valence-electron chi connectivity index (χ1n) is 8.01. The first-order valence-corrected chi connectivity index (χ1v) is 11.9. The normalized spacial score (nSPS) is 17.5. The first kappa shape index (κ1) is 19.8. The van der Waals surface area contributed by atoms with Crippen molar-refractivity contribution in [3.63, 3.8) is 0 Å². The molecule has 0 amide bonds. The van der Waals surface area contributed by atoms with E-state index in [1.54, 1.807) is 26.1 Å². The third-order valence-corrected chi connectivity index (χ3v) is 9.09. The molecule has 0 saturated carbocycles. The van der Waals surface area contributed by atoms with Crippen LogP contribution in [0, 0.1) is 0 Å². The van der Waals surface area contributed by atoms with Crippen molar-refractivity contribution in [3.8, 4) is 0 Å². The molecule has 10 heteroatoms. The molecule has 2 heterocycles. The summed E-state index contributed by atoms with van der Waals surface area (Å²) in [6, 6.07) is 3.40. The molecule has 0 radical (unpaired) electrons. The van der Waals surface area contributed by atoms with Gasteiger partial charge in [-0.1, -0.05) is 0 Å². The van der Waals surface area contributed by atoms with Crippen molar-refractivity contribution in [2.24, 2.45) is 0 Å². The molecule has 0 spiro atoms. The Morgan fingerprint density at radius 1 is 1.25 bits per heavy atom. The van der Waals surface area contributed by atoms with Crippen LogP contribution in [0.3, 0.4) is 0 Å². The molecule has 2 rings (SSSR count). The molecule has 1 aromatic heterocycles. The maximum absolute atomic E-state index is 12.7. The zero-order valence-corrected chi connectivity index (χ0v) is 16.4. The maximum atomic E-state index is 12.7. The van der Waals surface area contributed by atoms with Crippen LogP contribution in [0.15, 0.2) is 16.3 Å². The highest BCUT2D eigenvalue weighted by Gasteiger charge is 2.30. The minimum atomic E-state index is -3.49. The molecule has 0 bridgehead atoms. The molecule has 1 fully saturated rings. The third-order valence-electron chi connectivity index (χ3n) is 4.17. The van der Waals surface area contributed by atoms with Crippen molar-refractivity contribution in [2.75, 3.05) is 32.4 Å². The van der Waals surface area contributed by atoms with Gasteiger partial charge in [-0.2, -0.15) is 4.31 Å². The molecule has 1 aliphatic rings. The summed E-state index contributed by atoms with van der Waals surface area (Å²) in [5.74, 6) is 0.0398. The minimum Gasteiger partial charge on any atom is -0.317 e. The molecule has 1 aliphatic heterocycles. The number of rotatable bonds is 8. The highest BCUT2D eigenvalue weighted by molar-refractivity contribution is 7.91. The number of hydrogen-bond donors (Lipinski definition) is 2. The van der Waals surface area contributed by atoms with Crippen molar-refractivity contribution in [1.29, 1.82) is 0 Å². The maximum Gasteiger partial charge on any atom is 0.252 e. The van der Waals surface area contributed by atoms with Crippen LogP contribution < -0.4 is 10.0 Å². The van der Waals surface area contributed by atoms with Crippen LogP contribution in [0.5, 0.6) is 0 Å². The number of piperidine rings is 1. The van der Waals surface area contributed by atoms with Crippen LogP contribution in [-0.2, 0) is 26.5 Å². The van der Waals surface area contributed by atoms with Crippen molar-refractivity contribution >= 4 is 31.4 Å². The average Bonchev–Trinajstić information content (AvgIpc) is 3.04. The van der Waals surface area contributed by atoms with Gasteiger partial charge < -0.3 is 5.32 Å². The molecule has 0 atom stereocenters. The van der Waals surface area contributed by atoms with Crippen LogP contribution in [0.4, 0.5) is 0 Å². The van der Waals surface area contributed by atoms with Gasteiger partial charge in [-0.25, -0.2) is 21.6 Å². The Hall–Kier alpha value is -0.520. The van der Waals surface area contributed by atoms with Crippen LogP contribution in [0.2, 0.25) is 0 Å². The van der Waals surface area contributed by atoms with Gasteiger partial charge in [0.2, 0.25) is 10.0 Å². The molecule has 1 saturated heterocycles. The Morgan fingerprint density at radius 2 is 1.92 bits per heavy atom. The molecular formula is C14H25N3O4S3. The van der Waals surface area contributed by atoms with E-state index in [0.717, 1.165) is 30.8 Å². The van der Waals surface area contributed by atoms with E-state index >= 15 is 0 Å². The summed E-state index contributed by atoms with van der Waals surface area (Å²) in [6.07, 6.45) is 2.11. The lowest BCUT2D eigenvalue weighted by Crippen LogP contribution is -2.43. The molecule has 0 unspecified atom stereocenters. The van der Waals surface area contributed by atoms with E-state index < -0.39 is 20.0 Å². The van der Waals surface area contributed by atoms with E-state index in [9.17, 15) is 16.8 Å². The van der Waals surface area contributed by atoms with Gasteiger partial charge in [0.15, 0.2) is 0 Å². The lowest BCUT2D eigenvalue weighted by atomic mass is 10.1. The fourth-order valence-electron chi connectivity index (χ4n) is 2.57. The Morgan fingerprint density at radius 3 is 2.54 bits per heavy atom. The van der Waals surface area contributed by atoms with Crippen molar-refractivity contribution in [3.05, 3.63) is 17.0 Å².